The molecule has 4 rings (SSSR count). The minimum Gasteiger partial charge on any atom is -0.345 e. The van der Waals surface area contributed by atoms with E-state index in [1.807, 2.05) is 35.2 Å². The number of fused-ring (bicyclic) bond motifs is 1. The van der Waals surface area contributed by atoms with Crippen molar-refractivity contribution >= 4 is 32.6 Å². The molecule has 0 bridgehead atoms. The molecule has 0 saturated carbocycles. The molecule has 0 unspecified atom stereocenters. The van der Waals surface area contributed by atoms with E-state index >= 15 is 0 Å². The van der Waals surface area contributed by atoms with Gasteiger partial charge in [-0.05, 0) is 24.1 Å². The van der Waals surface area contributed by atoms with Crippen LogP contribution in [-0.2, 0) is 11.2 Å². The quantitative estimate of drug-likeness (QED) is 0.725. The van der Waals surface area contributed by atoms with Crippen LogP contribution in [0, 0.1) is 6.92 Å². The maximum Gasteiger partial charge on any atom is 0.227 e. The van der Waals surface area contributed by atoms with Crippen LogP contribution >= 0.6 is 11.3 Å². The van der Waals surface area contributed by atoms with E-state index in [9.17, 15) is 4.79 Å². The molecule has 1 aliphatic rings. The average molecular weight is 351 g/mol. The van der Waals surface area contributed by atoms with Gasteiger partial charge in [-0.2, -0.15) is 0 Å². The number of aryl methyl sites for hydroxylation is 1. The van der Waals surface area contributed by atoms with Crippen molar-refractivity contribution in [2.75, 3.05) is 31.1 Å². The zero-order valence-electron chi connectivity index (χ0n) is 14.3. The zero-order valence-corrected chi connectivity index (χ0v) is 15.1. The Morgan fingerprint density at radius 1 is 1.04 bits per heavy atom. The number of thiazole rings is 1. The normalized spacial score (nSPS) is 14.9. The fraction of sp³-hybridized carbons (Fsp3) is 0.300. The lowest BCUT2D eigenvalue weighted by atomic mass is 10.1. The lowest BCUT2D eigenvalue weighted by Crippen LogP contribution is -2.49. The summed E-state index contributed by atoms with van der Waals surface area (Å²) < 4.78 is 1.23. The van der Waals surface area contributed by atoms with E-state index in [1.165, 1.54) is 10.3 Å². The molecule has 3 aromatic rings. The summed E-state index contributed by atoms with van der Waals surface area (Å²) in [5.74, 6) is 0.214. The molecule has 1 aliphatic heterocycles. The fourth-order valence-corrected chi connectivity index (χ4v) is 4.33. The molecule has 1 amide bonds. The molecular weight excluding hydrogens is 330 g/mol. The number of rotatable bonds is 3. The number of hydrogen-bond acceptors (Lipinski definition) is 4. The smallest absolute Gasteiger partial charge is 0.227 e. The monoisotopic (exact) mass is 351 g/mol. The maximum atomic E-state index is 12.5. The number of carbonyl (C=O) groups is 1. The van der Waals surface area contributed by atoms with E-state index in [4.69, 9.17) is 4.98 Å². The molecule has 1 saturated heterocycles. The van der Waals surface area contributed by atoms with Gasteiger partial charge in [0, 0.05) is 26.2 Å². The third-order valence-corrected chi connectivity index (χ3v) is 5.79. The number of benzene rings is 2. The van der Waals surface area contributed by atoms with E-state index in [0.717, 1.165) is 42.4 Å². The van der Waals surface area contributed by atoms with E-state index in [-0.39, 0.29) is 5.91 Å². The Labute approximate surface area is 151 Å². The molecule has 1 aromatic heterocycles. The molecule has 128 valence electrons. The summed E-state index contributed by atoms with van der Waals surface area (Å²) in [6, 6.07) is 16.3. The minimum atomic E-state index is 0.214. The number of nitrogens with zero attached hydrogens (tertiary/aromatic N) is 3. The molecule has 0 spiro atoms. The molecule has 1 fully saturated rings. The molecule has 25 heavy (non-hydrogen) atoms. The van der Waals surface area contributed by atoms with Crippen molar-refractivity contribution in [1.29, 1.82) is 0 Å². The molecule has 5 heteroatoms. The minimum absolute atomic E-state index is 0.214. The van der Waals surface area contributed by atoms with E-state index in [2.05, 4.69) is 30.0 Å². The number of hydrogen-bond donors (Lipinski definition) is 0. The van der Waals surface area contributed by atoms with Gasteiger partial charge in [-0.15, -0.1) is 0 Å². The highest BCUT2D eigenvalue weighted by molar-refractivity contribution is 7.22. The van der Waals surface area contributed by atoms with Crippen molar-refractivity contribution in [3.05, 3.63) is 59.7 Å². The summed E-state index contributed by atoms with van der Waals surface area (Å²) in [6.07, 6.45) is 0.487. The molecule has 4 nitrogen and oxygen atoms in total. The van der Waals surface area contributed by atoms with Gasteiger partial charge in [-0.1, -0.05) is 53.8 Å². The number of carbonyl (C=O) groups excluding carboxylic acids is 1. The van der Waals surface area contributed by atoms with Crippen LogP contribution in [0.4, 0.5) is 5.13 Å². The van der Waals surface area contributed by atoms with Gasteiger partial charge >= 0.3 is 0 Å². The molecule has 0 aliphatic carbocycles. The van der Waals surface area contributed by atoms with Gasteiger partial charge < -0.3 is 9.80 Å². The first-order valence-corrected chi connectivity index (χ1v) is 9.45. The topological polar surface area (TPSA) is 36.4 Å². The maximum absolute atomic E-state index is 12.5. The lowest BCUT2D eigenvalue weighted by Gasteiger charge is -2.34. The van der Waals surface area contributed by atoms with Crippen molar-refractivity contribution in [3.8, 4) is 0 Å². The van der Waals surface area contributed by atoms with Crippen LogP contribution in [0.5, 0.6) is 0 Å². The second-order valence-corrected chi connectivity index (χ2v) is 7.46. The SMILES string of the molecule is Cc1cccc2sc(N3CCN(C(=O)Cc4ccccc4)CC3)nc12. The summed E-state index contributed by atoms with van der Waals surface area (Å²) in [5.41, 5.74) is 3.40. The van der Waals surface area contributed by atoms with Crippen molar-refractivity contribution in [2.45, 2.75) is 13.3 Å². The van der Waals surface area contributed by atoms with Crippen LogP contribution in [-0.4, -0.2) is 42.0 Å². The van der Waals surface area contributed by atoms with Crippen molar-refractivity contribution in [1.82, 2.24) is 9.88 Å². The first-order valence-electron chi connectivity index (χ1n) is 8.63. The van der Waals surface area contributed by atoms with Gasteiger partial charge in [-0.3, -0.25) is 4.79 Å². The van der Waals surface area contributed by atoms with Gasteiger partial charge in [0.2, 0.25) is 5.91 Å². The number of para-hydroxylation sites is 1. The molecule has 2 heterocycles. The molecule has 0 atom stereocenters. The molecule has 2 aromatic carbocycles. The van der Waals surface area contributed by atoms with Crippen molar-refractivity contribution in [3.63, 3.8) is 0 Å². The van der Waals surface area contributed by atoms with Crippen molar-refractivity contribution in [2.24, 2.45) is 0 Å². The summed E-state index contributed by atoms with van der Waals surface area (Å²) in [4.78, 5) is 21.6. The Hall–Kier alpha value is -2.40. The highest BCUT2D eigenvalue weighted by Gasteiger charge is 2.23. The van der Waals surface area contributed by atoms with Gasteiger partial charge in [0.1, 0.15) is 0 Å². The highest BCUT2D eigenvalue weighted by atomic mass is 32.1. The second-order valence-electron chi connectivity index (χ2n) is 6.45. The lowest BCUT2D eigenvalue weighted by molar-refractivity contribution is -0.130. The molecule has 0 N–H and O–H groups in total. The first kappa shape index (κ1) is 16.1. The van der Waals surface area contributed by atoms with Crippen molar-refractivity contribution < 1.29 is 4.79 Å². The zero-order chi connectivity index (χ0) is 17.2. The molecule has 0 radical (unpaired) electrons. The number of amides is 1. The summed E-state index contributed by atoms with van der Waals surface area (Å²) in [6.45, 7) is 5.33. The van der Waals surface area contributed by atoms with Crippen LogP contribution in [0.1, 0.15) is 11.1 Å². The van der Waals surface area contributed by atoms with Crippen LogP contribution in [0.25, 0.3) is 10.2 Å². The number of anilines is 1. The number of piperazine rings is 1. The summed E-state index contributed by atoms with van der Waals surface area (Å²) in [7, 11) is 0. The van der Waals surface area contributed by atoms with Gasteiger partial charge in [-0.25, -0.2) is 4.98 Å². The van der Waals surface area contributed by atoms with E-state index in [1.54, 1.807) is 11.3 Å². The Balaban J connectivity index is 1.40. The fourth-order valence-electron chi connectivity index (χ4n) is 3.24. The van der Waals surface area contributed by atoms with E-state index in [0.29, 0.717) is 6.42 Å². The van der Waals surface area contributed by atoms with Gasteiger partial charge in [0.25, 0.3) is 0 Å². The van der Waals surface area contributed by atoms with E-state index < -0.39 is 0 Å². The van der Waals surface area contributed by atoms with Crippen LogP contribution in [0.15, 0.2) is 48.5 Å². The van der Waals surface area contributed by atoms with Gasteiger partial charge in [0.05, 0.1) is 16.6 Å². The predicted octanol–water partition coefficient (Wildman–Crippen LogP) is 3.50. The van der Waals surface area contributed by atoms with Crippen LogP contribution in [0.3, 0.4) is 0 Å². The average Bonchev–Trinajstić information content (AvgIpc) is 3.08. The third kappa shape index (κ3) is 3.37. The first-order chi connectivity index (χ1) is 12.2. The highest BCUT2D eigenvalue weighted by Crippen LogP contribution is 2.31. The van der Waals surface area contributed by atoms with Crippen LogP contribution in [0.2, 0.25) is 0 Å². The van der Waals surface area contributed by atoms with Crippen LogP contribution < -0.4 is 4.90 Å². The third-order valence-electron chi connectivity index (χ3n) is 4.71. The summed E-state index contributed by atoms with van der Waals surface area (Å²) in [5, 5.41) is 1.07. The second kappa shape index (κ2) is 6.84. The predicted molar refractivity (Wildman–Crippen MR) is 103 cm³/mol. The Morgan fingerprint density at radius 3 is 2.52 bits per heavy atom. The largest absolute Gasteiger partial charge is 0.345 e. The summed E-state index contributed by atoms with van der Waals surface area (Å²) >= 11 is 1.74. The Morgan fingerprint density at radius 2 is 1.80 bits per heavy atom. The number of aromatic nitrogens is 1. The van der Waals surface area contributed by atoms with Gasteiger partial charge in [0.15, 0.2) is 5.13 Å². The standard InChI is InChI=1S/C20H21N3OS/c1-15-6-5-9-17-19(15)21-20(25-17)23-12-10-22(11-13-23)18(24)14-16-7-3-2-4-8-16/h2-9H,10-14H2,1H3. The molecular formula is C20H21N3OS. The Bertz CT molecular complexity index is 882. The Kier molecular flexibility index (Phi) is 4.40.